The maximum atomic E-state index is 12.6. The minimum atomic E-state index is -0.256. The molecule has 0 aliphatic carbocycles. The number of oxazole rings is 1. The van der Waals surface area contributed by atoms with Crippen LogP contribution in [0.15, 0.2) is 17.0 Å². The van der Waals surface area contributed by atoms with Crippen LogP contribution < -0.4 is 5.32 Å². The molecule has 5 heterocycles. The van der Waals surface area contributed by atoms with Crippen molar-refractivity contribution in [1.29, 1.82) is 0 Å². The molecule has 0 saturated carbocycles. The molecule has 4 aliphatic heterocycles. The molecule has 2 amide bonds. The molecular weight excluding hydrogens is 350 g/mol. The van der Waals surface area contributed by atoms with Crippen LogP contribution in [0.5, 0.6) is 0 Å². The Morgan fingerprint density at radius 1 is 1.30 bits per heavy atom. The highest BCUT2D eigenvalue weighted by atomic mass is 16.5. The van der Waals surface area contributed by atoms with Crippen LogP contribution in [0.25, 0.3) is 0 Å². The molecule has 8 heteroatoms. The summed E-state index contributed by atoms with van der Waals surface area (Å²) in [6.45, 7) is 3.19. The molecule has 4 fully saturated rings. The molecule has 0 radical (unpaired) electrons. The van der Waals surface area contributed by atoms with Gasteiger partial charge < -0.3 is 24.1 Å². The van der Waals surface area contributed by atoms with Crippen LogP contribution in [-0.4, -0.2) is 66.3 Å². The fourth-order valence-corrected chi connectivity index (χ4v) is 5.42. The number of fused-ring (bicyclic) bond motifs is 1. The van der Waals surface area contributed by atoms with E-state index in [-0.39, 0.29) is 47.0 Å². The molecule has 1 aromatic rings. The topological polar surface area (TPSA) is 93.9 Å². The molecule has 5 rings (SSSR count). The SMILES string of the molecule is O=C(NC[C@H]1[C@H]2CN(C(=O)c3cnco3)C[C@]23CC[C@H]1O3)C1CCOCC1. The molecule has 146 valence electrons. The largest absolute Gasteiger partial charge is 0.438 e. The minimum Gasteiger partial charge on any atom is -0.438 e. The fourth-order valence-electron chi connectivity index (χ4n) is 5.42. The second-order valence-corrected chi connectivity index (χ2v) is 8.21. The number of nitrogens with one attached hydrogen (secondary N) is 1. The Labute approximate surface area is 157 Å². The average molecular weight is 375 g/mol. The summed E-state index contributed by atoms with van der Waals surface area (Å²) in [4.78, 5) is 30.8. The lowest BCUT2D eigenvalue weighted by molar-refractivity contribution is -0.128. The summed E-state index contributed by atoms with van der Waals surface area (Å²) < 4.78 is 16.9. The van der Waals surface area contributed by atoms with Crippen molar-refractivity contribution >= 4 is 11.8 Å². The van der Waals surface area contributed by atoms with Crippen molar-refractivity contribution in [3.05, 3.63) is 18.4 Å². The lowest BCUT2D eigenvalue weighted by Crippen LogP contribution is -2.43. The highest BCUT2D eigenvalue weighted by molar-refractivity contribution is 5.91. The molecule has 1 spiro atoms. The summed E-state index contributed by atoms with van der Waals surface area (Å²) in [7, 11) is 0. The third kappa shape index (κ3) is 2.86. The smallest absolute Gasteiger partial charge is 0.291 e. The predicted molar refractivity (Wildman–Crippen MR) is 92.8 cm³/mol. The standard InChI is InChI=1S/C19H25N3O5/c23-17(12-2-5-25-6-3-12)21-7-13-14-9-22(18(24)16-8-20-11-26-16)10-19(14)4-1-15(13)27-19/h8,11-15H,1-7,9-10H2,(H,21,23)/t13-,14+,15+,19+/m0/s1. The van der Waals surface area contributed by atoms with Crippen molar-refractivity contribution in [2.45, 2.75) is 37.4 Å². The summed E-state index contributed by atoms with van der Waals surface area (Å²) in [5, 5.41) is 3.15. The van der Waals surface area contributed by atoms with Gasteiger partial charge in [-0.15, -0.1) is 0 Å². The summed E-state index contributed by atoms with van der Waals surface area (Å²) in [5.41, 5.74) is -0.256. The van der Waals surface area contributed by atoms with Crippen LogP contribution in [0, 0.1) is 17.8 Å². The van der Waals surface area contributed by atoms with Crippen LogP contribution in [-0.2, 0) is 14.3 Å². The molecule has 4 saturated heterocycles. The van der Waals surface area contributed by atoms with Crippen molar-refractivity contribution < 1.29 is 23.5 Å². The monoisotopic (exact) mass is 375 g/mol. The number of amides is 2. The minimum absolute atomic E-state index is 0.0559. The van der Waals surface area contributed by atoms with E-state index in [1.165, 1.54) is 12.6 Å². The zero-order valence-electron chi connectivity index (χ0n) is 15.3. The van der Waals surface area contributed by atoms with Gasteiger partial charge in [-0.3, -0.25) is 9.59 Å². The molecule has 2 bridgehead atoms. The number of likely N-dealkylation sites (tertiary alicyclic amines) is 1. The Kier molecular flexibility index (Phi) is 4.20. The molecule has 27 heavy (non-hydrogen) atoms. The molecule has 4 aliphatic rings. The number of rotatable bonds is 4. The van der Waals surface area contributed by atoms with E-state index >= 15 is 0 Å². The summed E-state index contributed by atoms with van der Waals surface area (Å²) in [5.74, 6) is 0.842. The van der Waals surface area contributed by atoms with Gasteiger partial charge >= 0.3 is 0 Å². The molecular formula is C19H25N3O5. The quantitative estimate of drug-likeness (QED) is 0.838. The van der Waals surface area contributed by atoms with Crippen molar-refractivity contribution in [3.63, 3.8) is 0 Å². The van der Waals surface area contributed by atoms with Crippen molar-refractivity contribution in [2.75, 3.05) is 32.8 Å². The maximum absolute atomic E-state index is 12.6. The number of hydrogen-bond donors (Lipinski definition) is 1. The number of hydrogen-bond acceptors (Lipinski definition) is 6. The summed E-state index contributed by atoms with van der Waals surface area (Å²) in [6.07, 6.45) is 6.49. The van der Waals surface area contributed by atoms with Crippen LogP contribution in [0.3, 0.4) is 0 Å². The first-order chi connectivity index (χ1) is 13.2. The van der Waals surface area contributed by atoms with E-state index < -0.39 is 0 Å². The molecule has 0 aromatic carbocycles. The number of aromatic nitrogens is 1. The Bertz CT molecular complexity index is 717. The second-order valence-electron chi connectivity index (χ2n) is 8.21. The first-order valence-electron chi connectivity index (χ1n) is 9.87. The third-order valence-electron chi connectivity index (χ3n) is 6.82. The van der Waals surface area contributed by atoms with Crippen molar-refractivity contribution in [3.8, 4) is 0 Å². The summed E-state index contributed by atoms with van der Waals surface area (Å²) in [6, 6.07) is 0. The predicted octanol–water partition coefficient (Wildman–Crippen LogP) is 0.837. The van der Waals surface area contributed by atoms with Crippen LogP contribution in [0.4, 0.5) is 0 Å². The molecule has 1 N–H and O–H groups in total. The molecule has 8 nitrogen and oxygen atoms in total. The molecule has 1 aromatic heterocycles. The fraction of sp³-hybridized carbons (Fsp3) is 0.737. The Hall–Kier alpha value is -1.93. The maximum Gasteiger partial charge on any atom is 0.291 e. The van der Waals surface area contributed by atoms with Crippen LogP contribution in [0.2, 0.25) is 0 Å². The summed E-state index contributed by atoms with van der Waals surface area (Å²) >= 11 is 0. The molecule has 0 unspecified atom stereocenters. The van der Waals surface area contributed by atoms with E-state index in [1.807, 2.05) is 4.90 Å². The van der Waals surface area contributed by atoms with Gasteiger partial charge in [-0.1, -0.05) is 0 Å². The second kappa shape index (κ2) is 6.60. The van der Waals surface area contributed by atoms with E-state index in [2.05, 4.69) is 10.3 Å². The van der Waals surface area contributed by atoms with E-state index in [4.69, 9.17) is 13.9 Å². The van der Waals surface area contributed by atoms with E-state index in [0.29, 0.717) is 32.8 Å². The number of carbonyl (C=O) groups is 2. The van der Waals surface area contributed by atoms with Crippen LogP contribution >= 0.6 is 0 Å². The van der Waals surface area contributed by atoms with Gasteiger partial charge in [-0.25, -0.2) is 4.98 Å². The van der Waals surface area contributed by atoms with Gasteiger partial charge in [-0.2, -0.15) is 0 Å². The zero-order chi connectivity index (χ0) is 18.4. The van der Waals surface area contributed by atoms with Gasteiger partial charge in [0, 0.05) is 44.1 Å². The highest BCUT2D eigenvalue weighted by Crippen LogP contribution is 2.54. The Morgan fingerprint density at radius 3 is 2.93 bits per heavy atom. The van der Waals surface area contributed by atoms with E-state index in [9.17, 15) is 9.59 Å². The zero-order valence-corrected chi connectivity index (χ0v) is 15.3. The van der Waals surface area contributed by atoms with Crippen molar-refractivity contribution in [1.82, 2.24) is 15.2 Å². The van der Waals surface area contributed by atoms with Gasteiger partial charge in [-0.05, 0) is 25.7 Å². The lowest BCUT2D eigenvalue weighted by Gasteiger charge is -2.30. The molecule has 4 atom stereocenters. The normalized spacial score (nSPS) is 35.4. The van der Waals surface area contributed by atoms with E-state index in [1.54, 1.807) is 0 Å². The van der Waals surface area contributed by atoms with Gasteiger partial charge in [0.15, 0.2) is 6.39 Å². The number of ether oxygens (including phenoxy) is 2. The number of nitrogens with zero attached hydrogens (tertiary/aromatic N) is 2. The Morgan fingerprint density at radius 2 is 2.15 bits per heavy atom. The van der Waals surface area contributed by atoms with Crippen LogP contribution in [0.1, 0.15) is 36.2 Å². The first-order valence-corrected chi connectivity index (χ1v) is 9.87. The third-order valence-corrected chi connectivity index (χ3v) is 6.82. The van der Waals surface area contributed by atoms with Crippen molar-refractivity contribution in [2.24, 2.45) is 17.8 Å². The highest BCUT2D eigenvalue weighted by Gasteiger charge is 2.63. The van der Waals surface area contributed by atoms with Gasteiger partial charge in [0.2, 0.25) is 11.7 Å². The Balaban J connectivity index is 1.24. The first kappa shape index (κ1) is 17.2. The number of carbonyl (C=O) groups excluding carboxylic acids is 2. The van der Waals surface area contributed by atoms with Gasteiger partial charge in [0.25, 0.3) is 5.91 Å². The van der Waals surface area contributed by atoms with Gasteiger partial charge in [0.1, 0.15) is 0 Å². The lowest BCUT2D eigenvalue weighted by atomic mass is 9.73. The average Bonchev–Trinajstić information content (AvgIpc) is 3.47. The van der Waals surface area contributed by atoms with E-state index in [0.717, 1.165) is 25.7 Å². The van der Waals surface area contributed by atoms with Gasteiger partial charge in [0.05, 0.1) is 24.4 Å².